The third-order valence-corrected chi connectivity index (χ3v) is 3.34. The topological polar surface area (TPSA) is 61.4 Å². The van der Waals surface area contributed by atoms with Crippen molar-refractivity contribution in [3.8, 4) is 0 Å². The number of nitrogens with one attached hydrogen (secondary N) is 2. The quantitative estimate of drug-likeness (QED) is 0.665. The molecule has 0 aromatic rings. The molecule has 0 aliphatic carbocycles. The van der Waals surface area contributed by atoms with Crippen LogP contribution in [0, 0.1) is 5.92 Å². The minimum Gasteiger partial charge on any atom is -0.326 e. The zero-order chi connectivity index (χ0) is 11.7. The first-order chi connectivity index (χ1) is 7.61. The molecular formula is C11H19N3O2. The number of carbonyl (C=O) groups excluding carboxylic acids is 2. The average Bonchev–Trinajstić information content (AvgIpc) is 2.56. The molecule has 0 spiro atoms. The summed E-state index contributed by atoms with van der Waals surface area (Å²) in [5.74, 6) is 0.107. The number of hydrogen-bond acceptors (Lipinski definition) is 3. The SMILES string of the molecule is CC(C)[C@H]1NC(=O)N(C2CCNCC2)C1=O. The van der Waals surface area contributed by atoms with Crippen LogP contribution in [0.25, 0.3) is 0 Å². The van der Waals surface area contributed by atoms with Gasteiger partial charge in [0.1, 0.15) is 6.04 Å². The number of nitrogens with zero attached hydrogens (tertiary/aromatic N) is 1. The van der Waals surface area contributed by atoms with Crippen molar-refractivity contribution in [1.29, 1.82) is 0 Å². The van der Waals surface area contributed by atoms with Gasteiger partial charge < -0.3 is 10.6 Å². The van der Waals surface area contributed by atoms with Crippen LogP contribution in [0.15, 0.2) is 0 Å². The molecule has 1 atom stereocenters. The van der Waals surface area contributed by atoms with E-state index in [-0.39, 0.29) is 29.9 Å². The first-order valence-corrected chi connectivity index (χ1v) is 5.95. The molecule has 0 aromatic carbocycles. The van der Waals surface area contributed by atoms with Crippen LogP contribution in [0.5, 0.6) is 0 Å². The van der Waals surface area contributed by atoms with Gasteiger partial charge in [-0.15, -0.1) is 0 Å². The van der Waals surface area contributed by atoms with Crippen LogP contribution in [0.4, 0.5) is 4.79 Å². The highest BCUT2D eigenvalue weighted by molar-refractivity contribution is 6.04. The molecule has 0 bridgehead atoms. The Balaban J connectivity index is 2.09. The first kappa shape index (κ1) is 11.4. The van der Waals surface area contributed by atoms with E-state index in [0.717, 1.165) is 25.9 Å². The largest absolute Gasteiger partial charge is 0.326 e. The fraction of sp³-hybridized carbons (Fsp3) is 0.818. The van der Waals surface area contributed by atoms with Gasteiger partial charge in [0.15, 0.2) is 0 Å². The molecule has 3 amide bonds. The third-order valence-electron chi connectivity index (χ3n) is 3.34. The number of amides is 3. The summed E-state index contributed by atoms with van der Waals surface area (Å²) in [4.78, 5) is 25.3. The maximum Gasteiger partial charge on any atom is 0.325 e. The van der Waals surface area contributed by atoms with Crippen LogP contribution in [-0.2, 0) is 4.79 Å². The van der Waals surface area contributed by atoms with E-state index in [1.807, 2.05) is 13.8 Å². The maximum absolute atomic E-state index is 12.1. The summed E-state index contributed by atoms with van der Waals surface area (Å²) >= 11 is 0. The van der Waals surface area contributed by atoms with Gasteiger partial charge in [-0.05, 0) is 31.8 Å². The van der Waals surface area contributed by atoms with Crippen LogP contribution in [0.1, 0.15) is 26.7 Å². The molecular weight excluding hydrogens is 206 g/mol. The molecule has 16 heavy (non-hydrogen) atoms. The molecule has 5 nitrogen and oxygen atoms in total. The lowest BCUT2D eigenvalue weighted by molar-refractivity contribution is -0.130. The van der Waals surface area contributed by atoms with E-state index in [1.165, 1.54) is 4.90 Å². The molecule has 0 saturated carbocycles. The molecule has 0 unspecified atom stereocenters. The third kappa shape index (κ3) is 1.91. The van der Waals surface area contributed by atoms with Crippen molar-refractivity contribution in [2.24, 2.45) is 5.92 Å². The molecule has 2 saturated heterocycles. The van der Waals surface area contributed by atoms with Crippen LogP contribution in [-0.4, -0.2) is 42.0 Å². The highest BCUT2D eigenvalue weighted by Gasteiger charge is 2.43. The molecule has 5 heteroatoms. The van der Waals surface area contributed by atoms with Crippen LogP contribution >= 0.6 is 0 Å². The van der Waals surface area contributed by atoms with Gasteiger partial charge in [-0.25, -0.2) is 4.79 Å². The fourth-order valence-corrected chi connectivity index (χ4v) is 2.38. The molecule has 2 heterocycles. The Bertz CT molecular complexity index is 298. The van der Waals surface area contributed by atoms with Crippen molar-refractivity contribution in [1.82, 2.24) is 15.5 Å². The van der Waals surface area contributed by atoms with E-state index in [0.29, 0.717) is 0 Å². The Morgan fingerprint density at radius 2 is 1.88 bits per heavy atom. The lowest BCUT2D eigenvalue weighted by Gasteiger charge is -2.29. The minimum absolute atomic E-state index is 0.0492. The molecule has 2 fully saturated rings. The molecule has 0 aromatic heterocycles. The van der Waals surface area contributed by atoms with E-state index in [2.05, 4.69) is 10.6 Å². The normalized spacial score (nSPS) is 27.7. The Kier molecular flexibility index (Phi) is 3.14. The van der Waals surface area contributed by atoms with Gasteiger partial charge in [-0.1, -0.05) is 13.8 Å². The van der Waals surface area contributed by atoms with Crippen molar-refractivity contribution in [2.45, 2.75) is 38.8 Å². The predicted molar refractivity (Wildman–Crippen MR) is 59.9 cm³/mol. The molecule has 2 N–H and O–H groups in total. The number of urea groups is 1. The zero-order valence-corrected chi connectivity index (χ0v) is 9.82. The molecule has 2 rings (SSSR count). The van der Waals surface area contributed by atoms with E-state index >= 15 is 0 Å². The van der Waals surface area contributed by atoms with E-state index in [4.69, 9.17) is 0 Å². The van der Waals surface area contributed by atoms with Crippen LogP contribution in [0.3, 0.4) is 0 Å². The summed E-state index contributed by atoms with van der Waals surface area (Å²) in [5.41, 5.74) is 0. The number of carbonyl (C=O) groups is 2. The van der Waals surface area contributed by atoms with Crippen molar-refractivity contribution < 1.29 is 9.59 Å². The van der Waals surface area contributed by atoms with Gasteiger partial charge in [0.05, 0.1) is 0 Å². The summed E-state index contributed by atoms with van der Waals surface area (Å²) in [7, 11) is 0. The van der Waals surface area contributed by atoms with Gasteiger partial charge in [0.25, 0.3) is 5.91 Å². The van der Waals surface area contributed by atoms with Gasteiger partial charge in [0, 0.05) is 6.04 Å². The lowest BCUT2D eigenvalue weighted by atomic mass is 10.0. The van der Waals surface area contributed by atoms with Crippen LogP contribution in [0.2, 0.25) is 0 Å². The van der Waals surface area contributed by atoms with Crippen molar-refractivity contribution in [3.63, 3.8) is 0 Å². The van der Waals surface area contributed by atoms with Crippen molar-refractivity contribution >= 4 is 11.9 Å². The van der Waals surface area contributed by atoms with E-state index in [9.17, 15) is 9.59 Å². The Morgan fingerprint density at radius 1 is 1.25 bits per heavy atom. The smallest absolute Gasteiger partial charge is 0.325 e. The minimum atomic E-state index is -0.331. The second-order valence-electron chi connectivity index (χ2n) is 4.86. The highest BCUT2D eigenvalue weighted by Crippen LogP contribution is 2.20. The average molecular weight is 225 g/mol. The van der Waals surface area contributed by atoms with Crippen LogP contribution < -0.4 is 10.6 Å². The summed E-state index contributed by atoms with van der Waals surface area (Å²) in [5, 5.41) is 6.00. The number of imide groups is 1. The monoisotopic (exact) mass is 225 g/mol. The highest BCUT2D eigenvalue weighted by atomic mass is 16.2. The Labute approximate surface area is 95.6 Å². The van der Waals surface area contributed by atoms with Gasteiger partial charge in [-0.3, -0.25) is 9.69 Å². The van der Waals surface area contributed by atoms with Crippen molar-refractivity contribution in [3.05, 3.63) is 0 Å². The second kappa shape index (κ2) is 4.41. The summed E-state index contributed by atoms with van der Waals surface area (Å²) < 4.78 is 0. The summed E-state index contributed by atoms with van der Waals surface area (Å²) in [6.07, 6.45) is 1.73. The van der Waals surface area contributed by atoms with Gasteiger partial charge in [0.2, 0.25) is 0 Å². The van der Waals surface area contributed by atoms with Crippen molar-refractivity contribution in [2.75, 3.05) is 13.1 Å². The second-order valence-corrected chi connectivity index (χ2v) is 4.86. The van der Waals surface area contributed by atoms with E-state index in [1.54, 1.807) is 0 Å². The molecule has 90 valence electrons. The first-order valence-electron chi connectivity index (χ1n) is 5.95. The fourth-order valence-electron chi connectivity index (χ4n) is 2.38. The molecule has 0 radical (unpaired) electrons. The number of rotatable bonds is 2. The summed E-state index contributed by atoms with van der Waals surface area (Å²) in [6.45, 7) is 5.67. The Hall–Kier alpha value is -1.10. The predicted octanol–water partition coefficient (Wildman–Crippen LogP) is 0.315. The maximum atomic E-state index is 12.1. The lowest BCUT2D eigenvalue weighted by Crippen LogP contribution is -2.46. The van der Waals surface area contributed by atoms with Gasteiger partial charge in [-0.2, -0.15) is 0 Å². The standard InChI is InChI=1S/C11H19N3O2/c1-7(2)9-10(15)14(11(16)13-9)8-3-5-12-6-4-8/h7-9,12H,3-6H2,1-2H3,(H,13,16)/t9-/m1/s1. The zero-order valence-electron chi connectivity index (χ0n) is 9.82. The summed E-state index contributed by atoms with van der Waals surface area (Å²) in [6, 6.07) is -0.463. The molecule has 2 aliphatic rings. The Morgan fingerprint density at radius 3 is 2.38 bits per heavy atom. The number of hydrogen-bond donors (Lipinski definition) is 2. The number of piperidine rings is 1. The van der Waals surface area contributed by atoms with E-state index < -0.39 is 0 Å². The van der Waals surface area contributed by atoms with Gasteiger partial charge >= 0.3 is 6.03 Å². The molecule has 2 aliphatic heterocycles.